The summed E-state index contributed by atoms with van der Waals surface area (Å²) in [6.45, 7) is 3.32. The van der Waals surface area contributed by atoms with Crippen molar-refractivity contribution < 1.29 is 14.4 Å². The van der Waals surface area contributed by atoms with Crippen LogP contribution in [0, 0.1) is 0 Å². The molecule has 1 saturated heterocycles. The maximum absolute atomic E-state index is 12.9. The standard InChI is InChI=1S/C22H19N7O3/c30-19(26-17-13-24-7-6-18(17)28-11-9-23-10-12-28)16-5-8-25-22(27-16)29-20(31)14-3-1-2-4-15(14)21(29)32/h1-8,13,23H,9-12H2,(H,26,30). The molecule has 0 unspecified atom stereocenters. The second kappa shape index (κ2) is 8.16. The average Bonchev–Trinajstić information content (AvgIpc) is 3.10. The van der Waals surface area contributed by atoms with Gasteiger partial charge in [0, 0.05) is 38.6 Å². The van der Waals surface area contributed by atoms with Gasteiger partial charge in [0.2, 0.25) is 5.95 Å². The predicted octanol–water partition coefficient (Wildman–Crippen LogP) is 1.33. The normalized spacial score (nSPS) is 15.6. The number of anilines is 3. The van der Waals surface area contributed by atoms with Gasteiger partial charge in [-0.1, -0.05) is 12.1 Å². The van der Waals surface area contributed by atoms with Crippen LogP contribution in [0.25, 0.3) is 0 Å². The van der Waals surface area contributed by atoms with Crippen LogP contribution in [0.3, 0.4) is 0 Å². The molecule has 4 heterocycles. The Balaban J connectivity index is 1.40. The van der Waals surface area contributed by atoms with Gasteiger partial charge in [0.25, 0.3) is 17.7 Å². The molecule has 0 saturated carbocycles. The van der Waals surface area contributed by atoms with E-state index in [1.165, 1.54) is 12.3 Å². The Morgan fingerprint density at radius 2 is 1.69 bits per heavy atom. The highest BCUT2D eigenvalue weighted by atomic mass is 16.2. The van der Waals surface area contributed by atoms with E-state index in [1.807, 2.05) is 6.07 Å². The molecule has 1 aromatic carbocycles. The Hall–Kier alpha value is -4.18. The highest BCUT2D eigenvalue weighted by Crippen LogP contribution is 2.27. The molecule has 10 nitrogen and oxygen atoms in total. The third-order valence-corrected chi connectivity index (χ3v) is 5.37. The van der Waals surface area contributed by atoms with Crippen LogP contribution in [0.15, 0.2) is 55.0 Å². The summed E-state index contributed by atoms with van der Waals surface area (Å²) in [5.74, 6) is -1.67. The second-order valence-corrected chi connectivity index (χ2v) is 7.32. The number of amides is 3. The molecule has 5 rings (SSSR count). The highest BCUT2D eigenvalue weighted by Gasteiger charge is 2.38. The van der Waals surface area contributed by atoms with Gasteiger partial charge in [-0.15, -0.1) is 0 Å². The molecule has 32 heavy (non-hydrogen) atoms. The lowest BCUT2D eigenvalue weighted by Crippen LogP contribution is -2.43. The quantitative estimate of drug-likeness (QED) is 0.596. The fourth-order valence-electron chi connectivity index (χ4n) is 3.80. The van der Waals surface area contributed by atoms with Gasteiger partial charge in [0.1, 0.15) is 5.69 Å². The van der Waals surface area contributed by atoms with Crippen LogP contribution in [0.5, 0.6) is 0 Å². The summed E-state index contributed by atoms with van der Waals surface area (Å²) in [4.78, 5) is 53.8. The predicted molar refractivity (Wildman–Crippen MR) is 117 cm³/mol. The minimum atomic E-state index is -0.517. The lowest BCUT2D eigenvalue weighted by atomic mass is 10.1. The number of carbonyl (C=O) groups is 3. The summed E-state index contributed by atoms with van der Waals surface area (Å²) in [7, 11) is 0. The zero-order chi connectivity index (χ0) is 22.1. The molecule has 0 spiro atoms. The molecule has 0 bridgehead atoms. The van der Waals surface area contributed by atoms with Crippen molar-refractivity contribution in [2.75, 3.05) is 41.3 Å². The Bertz CT molecular complexity index is 1190. The SMILES string of the molecule is O=C(Nc1cnccc1N1CCNCC1)c1ccnc(N2C(=O)c3ccccc3C2=O)n1. The molecular weight excluding hydrogens is 410 g/mol. The van der Waals surface area contributed by atoms with E-state index in [0.717, 1.165) is 36.8 Å². The first-order valence-electron chi connectivity index (χ1n) is 10.2. The smallest absolute Gasteiger partial charge is 0.274 e. The van der Waals surface area contributed by atoms with E-state index >= 15 is 0 Å². The highest BCUT2D eigenvalue weighted by molar-refractivity contribution is 6.33. The van der Waals surface area contributed by atoms with E-state index in [-0.39, 0.29) is 22.8 Å². The molecule has 1 fully saturated rings. The van der Waals surface area contributed by atoms with Crippen LogP contribution in [0.1, 0.15) is 31.2 Å². The number of imide groups is 1. The van der Waals surface area contributed by atoms with Gasteiger partial charge in [-0.25, -0.2) is 14.9 Å². The third kappa shape index (κ3) is 3.46. The molecule has 160 valence electrons. The fraction of sp³-hybridized carbons (Fsp3) is 0.182. The van der Waals surface area contributed by atoms with E-state index in [0.29, 0.717) is 5.69 Å². The number of rotatable bonds is 4. The number of aromatic nitrogens is 3. The van der Waals surface area contributed by atoms with Crippen LogP contribution < -0.4 is 20.4 Å². The van der Waals surface area contributed by atoms with Gasteiger partial charge in [-0.05, 0) is 24.3 Å². The summed E-state index contributed by atoms with van der Waals surface area (Å²) in [5, 5.41) is 6.14. The maximum Gasteiger partial charge on any atom is 0.274 e. The summed E-state index contributed by atoms with van der Waals surface area (Å²) in [6.07, 6.45) is 4.61. The number of benzene rings is 1. The lowest BCUT2D eigenvalue weighted by Gasteiger charge is -2.30. The van der Waals surface area contributed by atoms with Crippen LogP contribution in [0.4, 0.5) is 17.3 Å². The van der Waals surface area contributed by atoms with E-state index in [2.05, 4.69) is 30.5 Å². The molecular formula is C22H19N7O3. The van der Waals surface area contributed by atoms with E-state index in [1.54, 1.807) is 36.7 Å². The topological polar surface area (TPSA) is 120 Å². The molecule has 3 aromatic rings. The Morgan fingerprint density at radius 3 is 2.41 bits per heavy atom. The van der Waals surface area contributed by atoms with Crippen molar-refractivity contribution in [3.8, 4) is 0 Å². The van der Waals surface area contributed by atoms with Crippen molar-refractivity contribution in [1.82, 2.24) is 20.3 Å². The Kier molecular flexibility index (Phi) is 5.04. The van der Waals surface area contributed by atoms with Gasteiger partial charge in [-0.2, -0.15) is 0 Å². The van der Waals surface area contributed by atoms with Crippen molar-refractivity contribution in [2.45, 2.75) is 0 Å². The number of nitrogens with zero attached hydrogens (tertiary/aromatic N) is 5. The number of hydrogen-bond acceptors (Lipinski definition) is 8. The Labute approximate surface area is 183 Å². The van der Waals surface area contributed by atoms with Gasteiger partial charge in [-0.3, -0.25) is 19.4 Å². The summed E-state index contributed by atoms with van der Waals surface area (Å²) in [6, 6.07) is 9.80. The fourth-order valence-corrected chi connectivity index (χ4v) is 3.80. The first-order valence-corrected chi connectivity index (χ1v) is 10.2. The third-order valence-electron chi connectivity index (χ3n) is 5.37. The van der Waals surface area contributed by atoms with Crippen molar-refractivity contribution in [1.29, 1.82) is 0 Å². The average molecular weight is 429 g/mol. The summed E-state index contributed by atoms with van der Waals surface area (Å²) < 4.78 is 0. The van der Waals surface area contributed by atoms with Gasteiger partial charge in [0.05, 0.1) is 28.7 Å². The molecule has 2 N–H and O–H groups in total. The molecule has 2 aliphatic rings. The van der Waals surface area contributed by atoms with Gasteiger partial charge < -0.3 is 15.5 Å². The number of piperazine rings is 1. The number of fused-ring (bicyclic) bond motifs is 1. The Morgan fingerprint density at radius 1 is 0.969 bits per heavy atom. The second-order valence-electron chi connectivity index (χ2n) is 7.32. The summed E-state index contributed by atoms with van der Waals surface area (Å²) >= 11 is 0. The zero-order valence-electron chi connectivity index (χ0n) is 17.0. The van der Waals surface area contributed by atoms with Crippen LogP contribution in [-0.2, 0) is 0 Å². The minimum Gasteiger partial charge on any atom is -0.367 e. The molecule has 0 aliphatic carbocycles. The minimum absolute atomic E-state index is 0.0293. The molecule has 10 heteroatoms. The van der Waals surface area contributed by atoms with Crippen molar-refractivity contribution in [2.24, 2.45) is 0 Å². The maximum atomic E-state index is 12.9. The first kappa shape index (κ1) is 19.8. The van der Waals surface area contributed by atoms with Crippen molar-refractivity contribution in [3.63, 3.8) is 0 Å². The van der Waals surface area contributed by atoms with E-state index < -0.39 is 17.7 Å². The summed E-state index contributed by atoms with van der Waals surface area (Å²) in [5.41, 5.74) is 2.02. The molecule has 0 radical (unpaired) electrons. The van der Waals surface area contributed by atoms with E-state index in [9.17, 15) is 14.4 Å². The molecule has 2 aliphatic heterocycles. The monoisotopic (exact) mass is 429 g/mol. The first-order chi connectivity index (χ1) is 15.6. The largest absolute Gasteiger partial charge is 0.367 e. The molecule has 0 atom stereocenters. The molecule has 2 aromatic heterocycles. The van der Waals surface area contributed by atoms with Crippen molar-refractivity contribution in [3.05, 3.63) is 71.8 Å². The van der Waals surface area contributed by atoms with Crippen molar-refractivity contribution >= 4 is 35.0 Å². The van der Waals surface area contributed by atoms with Crippen LogP contribution in [-0.4, -0.2) is 58.9 Å². The van der Waals surface area contributed by atoms with Gasteiger partial charge >= 0.3 is 0 Å². The number of hydrogen-bond donors (Lipinski definition) is 2. The molecule has 3 amide bonds. The lowest BCUT2D eigenvalue weighted by molar-refractivity contribution is 0.0920. The van der Waals surface area contributed by atoms with E-state index in [4.69, 9.17) is 0 Å². The number of nitrogens with one attached hydrogen (secondary N) is 2. The number of carbonyl (C=O) groups excluding carboxylic acids is 3. The van der Waals surface area contributed by atoms with Crippen LogP contribution in [0.2, 0.25) is 0 Å². The van der Waals surface area contributed by atoms with Crippen LogP contribution >= 0.6 is 0 Å². The number of pyridine rings is 1. The van der Waals surface area contributed by atoms with Gasteiger partial charge in [0.15, 0.2) is 0 Å². The zero-order valence-corrected chi connectivity index (χ0v) is 17.0.